The summed E-state index contributed by atoms with van der Waals surface area (Å²) in [6.45, 7) is 9.68. The first-order valence-corrected chi connectivity index (χ1v) is 12.7. The van der Waals surface area contributed by atoms with E-state index in [-0.39, 0.29) is 41.4 Å². The van der Waals surface area contributed by atoms with Crippen molar-refractivity contribution in [2.75, 3.05) is 19.0 Å². The van der Waals surface area contributed by atoms with Crippen LogP contribution in [0.15, 0.2) is 18.2 Å². The van der Waals surface area contributed by atoms with Gasteiger partial charge in [-0.05, 0) is 49.3 Å². The van der Waals surface area contributed by atoms with Gasteiger partial charge in [-0.25, -0.2) is 0 Å². The standard InChI is InChI=1S/C25H35N3O4S/c1-12(2)17(11-29)28-21(23(31)27-16-9-13(3)7-8-14(16)4)25-15(5)10-18(33-25)19(22(30)26-6)20(25)24(28)32/h7-9,12,15,17-21,29H,10-11H2,1-6H3,(H,26,30)(H,27,31)/t15?,17-,18+,19-,20-,21?,25?/m0/s1. The van der Waals surface area contributed by atoms with Crippen molar-refractivity contribution in [3.8, 4) is 0 Å². The van der Waals surface area contributed by atoms with Crippen molar-refractivity contribution in [3.05, 3.63) is 29.3 Å². The van der Waals surface area contributed by atoms with Crippen LogP contribution in [0.5, 0.6) is 0 Å². The number of likely N-dealkylation sites (tertiary alicyclic amines) is 1. The summed E-state index contributed by atoms with van der Waals surface area (Å²) in [5, 5.41) is 16.1. The van der Waals surface area contributed by atoms with E-state index in [1.165, 1.54) is 0 Å². The van der Waals surface area contributed by atoms with Crippen LogP contribution in [0.25, 0.3) is 0 Å². The lowest BCUT2D eigenvalue weighted by molar-refractivity contribution is -0.142. The first kappa shape index (κ1) is 24.1. The van der Waals surface area contributed by atoms with Crippen LogP contribution in [0.1, 0.15) is 38.3 Å². The van der Waals surface area contributed by atoms with Crippen LogP contribution >= 0.6 is 11.8 Å². The zero-order valence-electron chi connectivity index (χ0n) is 20.2. The van der Waals surface area contributed by atoms with Gasteiger partial charge in [-0.2, -0.15) is 0 Å². The number of fused-ring (bicyclic) bond motifs is 1. The number of hydrogen-bond acceptors (Lipinski definition) is 5. The van der Waals surface area contributed by atoms with E-state index < -0.39 is 28.7 Å². The summed E-state index contributed by atoms with van der Waals surface area (Å²) in [5.74, 6) is -1.54. The Kier molecular flexibility index (Phi) is 6.29. The molecule has 4 rings (SSSR count). The number of carbonyl (C=O) groups is 3. The second-order valence-electron chi connectivity index (χ2n) is 10.2. The Bertz CT molecular complexity index is 982. The molecule has 3 saturated heterocycles. The van der Waals surface area contributed by atoms with Gasteiger partial charge in [0.25, 0.3) is 0 Å². The summed E-state index contributed by atoms with van der Waals surface area (Å²) in [7, 11) is 1.60. The highest BCUT2D eigenvalue weighted by Gasteiger charge is 2.76. The van der Waals surface area contributed by atoms with Crippen LogP contribution in [-0.2, 0) is 14.4 Å². The maximum absolute atomic E-state index is 14.0. The lowest BCUT2D eigenvalue weighted by Crippen LogP contribution is -2.58. The van der Waals surface area contributed by atoms with Crippen molar-refractivity contribution in [1.82, 2.24) is 10.2 Å². The Labute approximate surface area is 200 Å². The third-order valence-electron chi connectivity index (χ3n) is 7.95. The number of thioether (sulfide) groups is 1. The van der Waals surface area contributed by atoms with Crippen LogP contribution in [0.4, 0.5) is 5.69 Å². The number of amides is 3. The molecular formula is C25H35N3O4S. The number of carbonyl (C=O) groups excluding carboxylic acids is 3. The summed E-state index contributed by atoms with van der Waals surface area (Å²) in [6.07, 6.45) is 0.791. The van der Waals surface area contributed by atoms with Gasteiger partial charge in [-0.1, -0.05) is 32.9 Å². The van der Waals surface area contributed by atoms with Crippen molar-refractivity contribution in [2.24, 2.45) is 23.7 Å². The second-order valence-corrected chi connectivity index (χ2v) is 11.8. The van der Waals surface area contributed by atoms with Crippen molar-refractivity contribution < 1.29 is 19.5 Å². The Morgan fingerprint density at radius 2 is 1.97 bits per heavy atom. The molecule has 0 radical (unpaired) electrons. The highest BCUT2D eigenvalue weighted by molar-refractivity contribution is 8.02. The minimum absolute atomic E-state index is 0.0127. The molecule has 0 aliphatic carbocycles. The minimum atomic E-state index is -0.755. The van der Waals surface area contributed by atoms with Gasteiger partial charge in [0.05, 0.1) is 29.2 Å². The molecule has 180 valence electrons. The predicted molar refractivity (Wildman–Crippen MR) is 130 cm³/mol. The van der Waals surface area contributed by atoms with E-state index in [2.05, 4.69) is 17.6 Å². The fraction of sp³-hybridized carbons (Fsp3) is 0.640. The molecule has 3 N–H and O–H groups in total. The van der Waals surface area contributed by atoms with Crippen molar-refractivity contribution >= 4 is 35.2 Å². The van der Waals surface area contributed by atoms with Crippen LogP contribution in [-0.4, -0.2) is 63.5 Å². The number of aryl methyl sites for hydroxylation is 2. The second kappa shape index (κ2) is 8.62. The van der Waals surface area contributed by atoms with Gasteiger partial charge < -0.3 is 20.6 Å². The van der Waals surface area contributed by atoms with E-state index in [1.807, 2.05) is 45.9 Å². The molecule has 0 saturated carbocycles. The maximum Gasteiger partial charge on any atom is 0.248 e. The van der Waals surface area contributed by atoms with Crippen molar-refractivity contribution in [1.29, 1.82) is 0 Å². The van der Waals surface area contributed by atoms with Gasteiger partial charge in [0.1, 0.15) is 6.04 Å². The lowest BCUT2D eigenvalue weighted by atomic mass is 9.66. The zero-order chi connectivity index (χ0) is 24.2. The molecule has 7 atom stereocenters. The smallest absolute Gasteiger partial charge is 0.248 e. The van der Waals surface area contributed by atoms with Crippen LogP contribution in [0.2, 0.25) is 0 Å². The molecule has 1 aromatic carbocycles. The molecular weight excluding hydrogens is 438 g/mol. The molecule has 0 aromatic heterocycles. The average Bonchev–Trinajstić information content (AvgIpc) is 3.35. The SMILES string of the molecule is CNC(=O)[C@@H]1[C@H]2C(=O)N([C@@H](CO)C(C)C)C(C(=O)Nc3cc(C)ccc3C)C23S[C@@H]1CC3C. The zero-order valence-corrected chi connectivity index (χ0v) is 21.0. The van der Waals surface area contributed by atoms with E-state index >= 15 is 0 Å². The van der Waals surface area contributed by atoms with Gasteiger partial charge >= 0.3 is 0 Å². The first-order chi connectivity index (χ1) is 15.6. The molecule has 3 heterocycles. The van der Waals surface area contributed by atoms with Crippen LogP contribution < -0.4 is 10.6 Å². The van der Waals surface area contributed by atoms with Gasteiger partial charge in [0.15, 0.2) is 0 Å². The number of aliphatic hydroxyl groups excluding tert-OH is 1. The van der Waals surface area contributed by atoms with Gasteiger partial charge in [-0.15, -0.1) is 11.8 Å². The van der Waals surface area contributed by atoms with Gasteiger partial charge in [0, 0.05) is 18.0 Å². The third-order valence-corrected chi connectivity index (χ3v) is 10.0. The molecule has 3 fully saturated rings. The normalized spacial score (nSPS) is 33.4. The first-order valence-electron chi connectivity index (χ1n) is 11.8. The molecule has 1 spiro atoms. The Balaban J connectivity index is 1.82. The summed E-state index contributed by atoms with van der Waals surface area (Å²) < 4.78 is -0.691. The summed E-state index contributed by atoms with van der Waals surface area (Å²) >= 11 is 1.65. The predicted octanol–water partition coefficient (Wildman–Crippen LogP) is 2.34. The maximum atomic E-state index is 14.0. The number of rotatable bonds is 6. The number of hydrogen-bond donors (Lipinski definition) is 3. The van der Waals surface area contributed by atoms with Crippen LogP contribution in [0.3, 0.4) is 0 Å². The highest BCUT2D eigenvalue weighted by atomic mass is 32.2. The van der Waals surface area contributed by atoms with E-state index in [0.717, 1.165) is 23.2 Å². The third kappa shape index (κ3) is 3.48. The Morgan fingerprint density at radius 3 is 2.58 bits per heavy atom. The molecule has 8 heteroatoms. The summed E-state index contributed by atoms with van der Waals surface area (Å²) in [4.78, 5) is 42.5. The van der Waals surface area contributed by atoms with Gasteiger partial charge in [-0.3, -0.25) is 14.4 Å². The number of anilines is 1. The molecule has 7 nitrogen and oxygen atoms in total. The van der Waals surface area contributed by atoms with E-state index in [0.29, 0.717) is 0 Å². The molecule has 3 aliphatic heterocycles. The van der Waals surface area contributed by atoms with Crippen LogP contribution in [0, 0.1) is 37.5 Å². The molecule has 33 heavy (non-hydrogen) atoms. The van der Waals surface area contributed by atoms with Crippen molar-refractivity contribution in [2.45, 2.75) is 63.1 Å². The molecule has 3 unspecified atom stereocenters. The molecule has 2 bridgehead atoms. The number of aliphatic hydroxyl groups is 1. The molecule has 1 aromatic rings. The van der Waals surface area contributed by atoms with Crippen molar-refractivity contribution in [3.63, 3.8) is 0 Å². The van der Waals surface area contributed by atoms with E-state index in [4.69, 9.17) is 0 Å². The Morgan fingerprint density at radius 1 is 1.27 bits per heavy atom. The highest BCUT2D eigenvalue weighted by Crippen LogP contribution is 2.68. The summed E-state index contributed by atoms with van der Waals surface area (Å²) in [5.41, 5.74) is 2.71. The van der Waals surface area contributed by atoms with Gasteiger partial charge in [0.2, 0.25) is 17.7 Å². The monoisotopic (exact) mass is 473 g/mol. The van der Waals surface area contributed by atoms with E-state index in [9.17, 15) is 19.5 Å². The topological polar surface area (TPSA) is 98.7 Å². The number of nitrogens with zero attached hydrogens (tertiary/aromatic N) is 1. The molecule has 3 aliphatic rings. The lowest BCUT2D eigenvalue weighted by Gasteiger charge is -2.40. The number of benzene rings is 1. The number of nitrogens with one attached hydrogen (secondary N) is 2. The Hall–Kier alpha value is -2.06. The largest absolute Gasteiger partial charge is 0.394 e. The average molecular weight is 474 g/mol. The summed E-state index contributed by atoms with van der Waals surface area (Å²) in [6, 6.07) is 4.65. The fourth-order valence-electron chi connectivity index (χ4n) is 6.27. The minimum Gasteiger partial charge on any atom is -0.394 e. The van der Waals surface area contributed by atoms with E-state index in [1.54, 1.807) is 23.7 Å². The molecule has 3 amide bonds. The quantitative estimate of drug-likeness (QED) is 0.589. The fourth-order valence-corrected chi connectivity index (χ4v) is 8.68.